The fourth-order valence-electron chi connectivity index (χ4n) is 4.68. The van der Waals surface area contributed by atoms with Gasteiger partial charge in [0.25, 0.3) is 0 Å². The molecular weight excluding hydrogens is 564 g/mol. The van der Waals surface area contributed by atoms with Crippen LogP contribution in [0.25, 0.3) is 11.0 Å². The van der Waals surface area contributed by atoms with Gasteiger partial charge in [-0.1, -0.05) is 32.1 Å². The van der Waals surface area contributed by atoms with Crippen LogP contribution >= 0.6 is 23.1 Å². The smallest absolute Gasteiger partial charge is 0.336 e. The number of oxazole rings is 1. The van der Waals surface area contributed by atoms with Crippen molar-refractivity contribution in [3.63, 3.8) is 0 Å². The van der Waals surface area contributed by atoms with Crippen molar-refractivity contribution in [3.8, 4) is 11.5 Å². The maximum absolute atomic E-state index is 12.9. The van der Waals surface area contributed by atoms with E-state index in [-0.39, 0.29) is 23.0 Å². The summed E-state index contributed by atoms with van der Waals surface area (Å²) < 4.78 is 17.9. The van der Waals surface area contributed by atoms with E-state index >= 15 is 0 Å². The van der Waals surface area contributed by atoms with Crippen LogP contribution in [-0.4, -0.2) is 52.1 Å². The number of thiazole rings is 1. The highest BCUT2D eigenvalue weighted by Gasteiger charge is 2.26. The number of benzene rings is 1. The van der Waals surface area contributed by atoms with Crippen LogP contribution in [0.15, 0.2) is 48.4 Å². The second kappa shape index (κ2) is 12.3. The van der Waals surface area contributed by atoms with Gasteiger partial charge in [0, 0.05) is 36.1 Å². The number of nitrogens with one attached hydrogen (secondary N) is 1. The van der Waals surface area contributed by atoms with Gasteiger partial charge in [-0.15, -0.1) is 11.8 Å². The molecule has 1 amide bonds. The Balaban J connectivity index is 1.04. The number of hydrogen-bond acceptors (Lipinski definition) is 11. The van der Waals surface area contributed by atoms with E-state index in [1.54, 1.807) is 37.1 Å². The zero-order valence-electron chi connectivity index (χ0n) is 23.6. The number of phenols is 1. The Bertz CT molecular complexity index is 1580. The van der Waals surface area contributed by atoms with Gasteiger partial charge in [0.2, 0.25) is 11.8 Å². The van der Waals surface area contributed by atoms with E-state index in [1.165, 1.54) is 23.5 Å². The number of hydrogen-bond donors (Lipinski definition) is 2. The lowest BCUT2D eigenvalue weighted by Crippen LogP contribution is -2.39. The zero-order chi connectivity index (χ0) is 29.1. The largest absolute Gasteiger partial charge is 0.507 e. The summed E-state index contributed by atoms with van der Waals surface area (Å²) in [7, 11) is 0. The number of amides is 1. The van der Waals surface area contributed by atoms with Gasteiger partial charge in [-0.2, -0.15) is 0 Å². The zero-order valence-corrected chi connectivity index (χ0v) is 25.2. The van der Waals surface area contributed by atoms with E-state index < -0.39 is 5.63 Å². The number of thioether (sulfide) groups is 1. The molecule has 1 aliphatic heterocycles. The van der Waals surface area contributed by atoms with Gasteiger partial charge in [-0.25, -0.2) is 14.8 Å². The molecule has 0 unspecified atom stereocenters. The average Bonchev–Trinajstić information content (AvgIpc) is 3.57. The maximum atomic E-state index is 12.9. The number of carbonyl (C=O) groups excluding carboxylic acids is 1. The predicted molar refractivity (Wildman–Crippen MR) is 159 cm³/mol. The van der Waals surface area contributed by atoms with Crippen LogP contribution in [0.3, 0.4) is 0 Å². The van der Waals surface area contributed by atoms with Gasteiger partial charge in [-0.05, 0) is 38.4 Å². The highest BCUT2D eigenvalue weighted by molar-refractivity contribution is 8.00. The minimum atomic E-state index is -0.468. The number of anilines is 1. The van der Waals surface area contributed by atoms with Crippen molar-refractivity contribution < 1.29 is 23.5 Å². The van der Waals surface area contributed by atoms with Gasteiger partial charge >= 0.3 is 5.63 Å². The summed E-state index contributed by atoms with van der Waals surface area (Å²) in [5, 5.41) is 14.4. The molecule has 1 saturated heterocycles. The Hall–Kier alpha value is -3.35. The Kier molecular flexibility index (Phi) is 8.71. The van der Waals surface area contributed by atoms with E-state index in [4.69, 9.17) is 13.6 Å². The molecule has 1 aromatic carbocycles. The molecule has 2 N–H and O–H groups in total. The minimum absolute atomic E-state index is 0.00209. The lowest BCUT2D eigenvalue weighted by atomic mass is 9.94. The van der Waals surface area contributed by atoms with Crippen LogP contribution < -0.4 is 15.7 Å². The second-order valence-corrected chi connectivity index (χ2v) is 13.5. The molecule has 41 heavy (non-hydrogen) atoms. The third-order valence-electron chi connectivity index (χ3n) is 6.97. The first-order valence-corrected chi connectivity index (χ1v) is 15.3. The highest BCUT2D eigenvalue weighted by atomic mass is 32.2. The third kappa shape index (κ3) is 7.30. The number of piperidine rings is 1. The van der Waals surface area contributed by atoms with Crippen LogP contribution in [0.5, 0.6) is 11.5 Å². The van der Waals surface area contributed by atoms with Gasteiger partial charge in [0.1, 0.15) is 29.4 Å². The van der Waals surface area contributed by atoms with E-state index in [0.29, 0.717) is 52.2 Å². The molecule has 5 rings (SSSR count). The van der Waals surface area contributed by atoms with E-state index in [1.807, 2.05) is 0 Å². The number of phenolic OH excluding ortho intramolecular Hbond substituents is 1. The minimum Gasteiger partial charge on any atom is -0.507 e. The fraction of sp³-hybridized carbons (Fsp3) is 0.448. The number of ether oxygens (including phenoxy) is 1. The maximum Gasteiger partial charge on any atom is 0.336 e. The molecule has 1 fully saturated rings. The van der Waals surface area contributed by atoms with Crippen molar-refractivity contribution in [2.75, 3.05) is 31.6 Å². The number of aromatic nitrogens is 2. The van der Waals surface area contributed by atoms with E-state index in [9.17, 15) is 14.7 Å². The number of likely N-dealkylation sites (tertiary alicyclic amines) is 1. The molecule has 0 saturated carbocycles. The van der Waals surface area contributed by atoms with Crippen molar-refractivity contribution in [2.45, 2.75) is 55.9 Å². The van der Waals surface area contributed by atoms with Crippen LogP contribution in [0.1, 0.15) is 50.8 Å². The fourth-order valence-corrected chi connectivity index (χ4v) is 6.41. The molecule has 4 aromatic rings. The molecule has 0 atom stereocenters. The Labute approximate surface area is 246 Å². The Morgan fingerprint density at radius 3 is 2.71 bits per heavy atom. The molecule has 10 nitrogen and oxygen atoms in total. The van der Waals surface area contributed by atoms with Gasteiger partial charge in [0.05, 0.1) is 27.7 Å². The van der Waals surface area contributed by atoms with Crippen LogP contribution in [0, 0.1) is 12.8 Å². The number of fused-ring (bicyclic) bond motifs is 1. The van der Waals surface area contributed by atoms with Gasteiger partial charge in [-0.3, -0.25) is 9.69 Å². The lowest BCUT2D eigenvalue weighted by molar-refractivity contribution is -0.121. The van der Waals surface area contributed by atoms with Crippen molar-refractivity contribution in [2.24, 2.45) is 5.92 Å². The first-order valence-electron chi connectivity index (χ1n) is 13.5. The molecule has 3 aromatic heterocycles. The van der Waals surface area contributed by atoms with Crippen molar-refractivity contribution in [1.82, 2.24) is 14.9 Å². The molecule has 0 radical (unpaired) electrons. The highest BCUT2D eigenvalue weighted by Crippen LogP contribution is 2.33. The Morgan fingerprint density at radius 2 is 1.98 bits per heavy atom. The SMILES string of the molecule is Cc1cc(=O)oc2cc(OCCN3CCC(C(=O)Nc4ncc(SCc5ncc(C(C)(C)C)o5)s4)CC3)cc(O)c12. The number of carbonyl (C=O) groups is 1. The predicted octanol–water partition coefficient (Wildman–Crippen LogP) is 5.57. The average molecular weight is 599 g/mol. The normalized spacial score (nSPS) is 14.9. The van der Waals surface area contributed by atoms with Crippen molar-refractivity contribution >= 4 is 45.1 Å². The summed E-state index contributed by atoms with van der Waals surface area (Å²) in [6.45, 7) is 10.7. The molecule has 4 heterocycles. The van der Waals surface area contributed by atoms with Crippen molar-refractivity contribution in [3.05, 3.63) is 58.2 Å². The summed E-state index contributed by atoms with van der Waals surface area (Å²) in [5.74, 6) is 2.52. The van der Waals surface area contributed by atoms with Crippen molar-refractivity contribution in [1.29, 1.82) is 0 Å². The first kappa shape index (κ1) is 29.2. The van der Waals surface area contributed by atoms with Crippen LogP contribution in [0.2, 0.25) is 0 Å². The number of nitrogens with zero attached hydrogens (tertiary/aromatic N) is 3. The molecule has 12 heteroatoms. The van der Waals surface area contributed by atoms with Crippen LogP contribution in [0.4, 0.5) is 5.13 Å². The monoisotopic (exact) mass is 598 g/mol. The lowest BCUT2D eigenvalue weighted by Gasteiger charge is -2.30. The number of aromatic hydroxyl groups is 1. The van der Waals surface area contributed by atoms with E-state index in [2.05, 4.69) is 41.0 Å². The molecular formula is C29H34N4O6S2. The van der Waals surface area contributed by atoms with Crippen LogP contribution in [-0.2, 0) is 16.0 Å². The standard InChI is InChI=1S/C29H34N4O6S2/c1-17-11-24(35)38-21-13-19(12-20(34)26(17)21)37-10-9-33-7-5-18(6-8-33)27(36)32-28-31-15-25(41-28)40-16-23-30-14-22(39-23)29(2,3)4/h11-15,18,34H,5-10,16H2,1-4H3,(H,31,32,36). The van der Waals surface area contributed by atoms with Gasteiger partial charge < -0.3 is 24.0 Å². The molecule has 0 spiro atoms. The molecule has 218 valence electrons. The number of rotatable bonds is 9. The quantitative estimate of drug-likeness (QED) is 0.186. The third-order valence-corrected chi connectivity index (χ3v) is 9.07. The summed E-state index contributed by atoms with van der Waals surface area (Å²) in [6.07, 6.45) is 5.05. The first-order chi connectivity index (χ1) is 19.5. The van der Waals surface area contributed by atoms with E-state index in [0.717, 1.165) is 35.9 Å². The number of aryl methyl sites for hydroxylation is 1. The summed E-state index contributed by atoms with van der Waals surface area (Å²) >= 11 is 3.04. The molecule has 0 aliphatic carbocycles. The summed E-state index contributed by atoms with van der Waals surface area (Å²) in [5.41, 5.74) is 0.404. The summed E-state index contributed by atoms with van der Waals surface area (Å²) in [4.78, 5) is 35.6. The topological polar surface area (TPSA) is 131 Å². The van der Waals surface area contributed by atoms with Gasteiger partial charge in [0.15, 0.2) is 5.13 Å². The Morgan fingerprint density at radius 1 is 1.20 bits per heavy atom. The molecule has 1 aliphatic rings. The molecule has 0 bridgehead atoms. The second-order valence-electron chi connectivity index (χ2n) is 11.2. The summed E-state index contributed by atoms with van der Waals surface area (Å²) in [6, 6.07) is 4.51.